The van der Waals surface area contributed by atoms with Gasteiger partial charge < -0.3 is 10.6 Å². The molecule has 1 saturated heterocycles. The molecular weight excluding hydrogens is 314 g/mol. The van der Waals surface area contributed by atoms with E-state index in [0.29, 0.717) is 25.2 Å². The molecule has 1 fully saturated rings. The van der Waals surface area contributed by atoms with Crippen LogP contribution in [0.3, 0.4) is 0 Å². The third-order valence-corrected chi connectivity index (χ3v) is 6.23. The third kappa shape index (κ3) is 4.23. The molecule has 1 aromatic carbocycles. The number of sulfonamides is 1. The largest absolute Gasteiger partial charge is 0.399 e. The Kier molecular flexibility index (Phi) is 5.31. The van der Waals surface area contributed by atoms with Crippen LogP contribution in [0, 0.1) is 0 Å². The zero-order chi connectivity index (χ0) is 17.2. The smallest absolute Gasteiger partial charge is 0.219 e. The van der Waals surface area contributed by atoms with Gasteiger partial charge in [-0.25, -0.2) is 13.1 Å². The summed E-state index contributed by atoms with van der Waals surface area (Å²) in [6.45, 7) is 5.92. The predicted molar refractivity (Wildman–Crippen MR) is 91.4 cm³/mol. The summed E-state index contributed by atoms with van der Waals surface area (Å²) in [5.41, 5.74) is 7.38. The van der Waals surface area contributed by atoms with Gasteiger partial charge in [0.05, 0.1) is 5.25 Å². The Balaban J connectivity index is 2.28. The Bertz CT molecular complexity index is 656. The third-order valence-electron chi connectivity index (χ3n) is 4.36. The average molecular weight is 339 g/mol. The summed E-state index contributed by atoms with van der Waals surface area (Å²) in [6.07, 6.45) is 0.598. The molecule has 0 spiro atoms. The minimum Gasteiger partial charge on any atom is -0.399 e. The Morgan fingerprint density at radius 2 is 1.91 bits per heavy atom. The monoisotopic (exact) mass is 339 g/mol. The zero-order valence-electron chi connectivity index (χ0n) is 13.8. The van der Waals surface area contributed by atoms with Crippen molar-refractivity contribution in [2.24, 2.45) is 0 Å². The number of nitrogens with zero attached hydrogens (tertiary/aromatic N) is 1. The van der Waals surface area contributed by atoms with Gasteiger partial charge in [-0.2, -0.15) is 0 Å². The predicted octanol–water partition coefficient (Wildman–Crippen LogP) is 1.30. The van der Waals surface area contributed by atoms with Crippen LogP contribution in [0.5, 0.6) is 0 Å². The molecule has 0 bridgehead atoms. The second-order valence-corrected chi connectivity index (χ2v) is 8.61. The van der Waals surface area contributed by atoms with Gasteiger partial charge in [-0.1, -0.05) is 12.1 Å². The number of anilines is 1. The number of hydrogen-bond donors (Lipinski definition) is 2. The highest BCUT2D eigenvalue weighted by molar-refractivity contribution is 7.90. The Hall–Kier alpha value is -1.60. The van der Waals surface area contributed by atoms with Gasteiger partial charge in [0.15, 0.2) is 0 Å². The molecule has 0 aromatic heterocycles. The van der Waals surface area contributed by atoms with Gasteiger partial charge in [0.25, 0.3) is 0 Å². The molecule has 1 amide bonds. The number of nitrogen functional groups attached to an aromatic ring is 1. The fraction of sp³-hybridized carbons (Fsp3) is 0.562. The molecule has 0 unspecified atom stereocenters. The van der Waals surface area contributed by atoms with Crippen LogP contribution in [0.15, 0.2) is 24.3 Å². The summed E-state index contributed by atoms with van der Waals surface area (Å²) in [5, 5.41) is -0.486. The van der Waals surface area contributed by atoms with E-state index in [4.69, 9.17) is 5.73 Å². The molecule has 1 aromatic rings. The van der Waals surface area contributed by atoms with Crippen LogP contribution in [0.25, 0.3) is 0 Å². The summed E-state index contributed by atoms with van der Waals surface area (Å²) in [6, 6.07) is 7.19. The van der Waals surface area contributed by atoms with E-state index < -0.39 is 15.3 Å². The maximum Gasteiger partial charge on any atom is 0.219 e. The SMILES string of the molecule is CC(=O)N1CC[C@H](NS(=O)(=O)C(C)C)[C@@H](c2ccc(N)cc2)C1. The number of likely N-dealkylation sites (tertiary alicyclic amines) is 1. The summed E-state index contributed by atoms with van der Waals surface area (Å²) in [4.78, 5) is 13.5. The van der Waals surface area contributed by atoms with Crippen LogP contribution >= 0.6 is 0 Å². The molecule has 0 aliphatic carbocycles. The first kappa shape index (κ1) is 17.7. The number of carbonyl (C=O) groups excluding carboxylic acids is 1. The lowest BCUT2D eigenvalue weighted by Gasteiger charge is -2.39. The van der Waals surface area contributed by atoms with Crippen molar-refractivity contribution in [3.63, 3.8) is 0 Å². The molecule has 2 rings (SSSR count). The van der Waals surface area contributed by atoms with Gasteiger partial charge in [0.1, 0.15) is 0 Å². The van der Waals surface area contributed by atoms with E-state index in [0.717, 1.165) is 5.56 Å². The molecule has 1 aliphatic rings. The summed E-state index contributed by atoms with van der Waals surface area (Å²) >= 11 is 0. The van der Waals surface area contributed by atoms with Gasteiger partial charge in [0.2, 0.25) is 15.9 Å². The molecule has 23 heavy (non-hydrogen) atoms. The molecule has 0 saturated carbocycles. The molecule has 0 radical (unpaired) electrons. The molecule has 6 nitrogen and oxygen atoms in total. The second-order valence-electron chi connectivity index (χ2n) is 6.34. The van der Waals surface area contributed by atoms with Gasteiger partial charge in [0, 0.05) is 37.7 Å². The second kappa shape index (κ2) is 6.88. The number of carbonyl (C=O) groups is 1. The molecular formula is C16H25N3O3S. The van der Waals surface area contributed by atoms with E-state index >= 15 is 0 Å². The van der Waals surface area contributed by atoms with E-state index in [-0.39, 0.29) is 17.9 Å². The standard InChI is InChI=1S/C16H25N3O3S/c1-11(2)23(21,22)18-16-8-9-19(12(3)20)10-15(16)13-4-6-14(17)7-5-13/h4-7,11,15-16,18H,8-10,17H2,1-3H3/t15-,16+/m1/s1. The fourth-order valence-electron chi connectivity index (χ4n) is 2.81. The molecule has 2 atom stereocenters. The lowest BCUT2D eigenvalue weighted by molar-refractivity contribution is -0.130. The van der Waals surface area contributed by atoms with Crippen molar-refractivity contribution in [1.29, 1.82) is 0 Å². The molecule has 3 N–H and O–H groups in total. The van der Waals surface area contributed by atoms with Gasteiger partial charge in [-0.15, -0.1) is 0 Å². The van der Waals surface area contributed by atoms with Crippen molar-refractivity contribution in [2.45, 2.75) is 44.4 Å². The van der Waals surface area contributed by atoms with Crippen molar-refractivity contribution in [3.05, 3.63) is 29.8 Å². The minimum atomic E-state index is -3.36. The Morgan fingerprint density at radius 3 is 2.43 bits per heavy atom. The van der Waals surface area contributed by atoms with Gasteiger partial charge >= 0.3 is 0 Å². The Labute approximate surface area is 138 Å². The van der Waals surface area contributed by atoms with E-state index in [9.17, 15) is 13.2 Å². The van der Waals surface area contributed by atoms with Crippen molar-refractivity contribution in [3.8, 4) is 0 Å². The van der Waals surface area contributed by atoms with Crippen LogP contribution in [0.1, 0.15) is 38.7 Å². The normalized spacial score (nSPS) is 22.3. The maximum atomic E-state index is 12.2. The van der Waals surface area contributed by atoms with Crippen LogP contribution < -0.4 is 10.5 Å². The summed E-state index contributed by atoms with van der Waals surface area (Å²) in [7, 11) is -3.36. The van der Waals surface area contributed by atoms with E-state index in [2.05, 4.69) is 4.72 Å². The zero-order valence-corrected chi connectivity index (χ0v) is 14.6. The number of amides is 1. The Morgan fingerprint density at radius 1 is 1.30 bits per heavy atom. The number of nitrogens with two attached hydrogens (primary N) is 1. The number of nitrogens with one attached hydrogen (secondary N) is 1. The lowest BCUT2D eigenvalue weighted by Crippen LogP contribution is -2.51. The first-order valence-electron chi connectivity index (χ1n) is 7.83. The van der Waals surface area contributed by atoms with E-state index in [1.54, 1.807) is 37.8 Å². The lowest BCUT2D eigenvalue weighted by atomic mass is 9.86. The highest BCUT2D eigenvalue weighted by Crippen LogP contribution is 2.29. The van der Waals surface area contributed by atoms with Crippen LogP contribution in [-0.2, 0) is 14.8 Å². The topological polar surface area (TPSA) is 92.5 Å². The molecule has 7 heteroatoms. The maximum absolute atomic E-state index is 12.2. The molecule has 1 heterocycles. The quantitative estimate of drug-likeness (QED) is 0.809. The fourth-order valence-corrected chi connectivity index (χ4v) is 3.78. The number of hydrogen-bond acceptors (Lipinski definition) is 4. The van der Waals surface area contributed by atoms with Gasteiger partial charge in [-0.3, -0.25) is 4.79 Å². The van der Waals surface area contributed by atoms with Crippen molar-refractivity contribution < 1.29 is 13.2 Å². The van der Waals surface area contributed by atoms with Crippen molar-refractivity contribution >= 4 is 21.6 Å². The first-order valence-corrected chi connectivity index (χ1v) is 9.37. The minimum absolute atomic E-state index is 0.00983. The first-order chi connectivity index (χ1) is 10.7. The molecule has 128 valence electrons. The van der Waals surface area contributed by atoms with Crippen molar-refractivity contribution in [2.75, 3.05) is 18.8 Å². The number of benzene rings is 1. The van der Waals surface area contributed by atoms with Crippen molar-refractivity contribution in [1.82, 2.24) is 9.62 Å². The highest BCUT2D eigenvalue weighted by Gasteiger charge is 2.34. The van der Waals surface area contributed by atoms with E-state index in [1.807, 2.05) is 12.1 Å². The van der Waals surface area contributed by atoms with Crippen LogP contribution in [-0.4, -0.2) is 43.6 Å². The molecule has 1 aliphatic heterocycles. The highest BCUT2D eigenvalue weighted by atomic mass is 32.2. The summed E-state index contributed by atoms with van der Waals surface area (Å²) in [5.74, 6) is -0.0719. The van der Waals surface area contributed by atoms with Crippen LogP contribution in [0.2, 0.25) is 0 Å². The number of rotatable bonds is 4. The summed E-state index contributed by atoms with van der Waals surface area (Å²) < 4.78 is 27.3. The van der Waals surface area contributed by atoms with Crippen LogP contribution in [0.4, 0.5) is 5.69 Å². The van der Waals surface area contributed by atoms with E-state index in [1.165, 1.54) is 0 Å². The number of piperidine rings is 1. The average Bonchev–Trinajstić information content (AvgIpc) is 2.48. The van der Waals surface area contributed by atoms with Gasteiger partial charge in [-0.05, 0) is 38.0 Å².